The maximum atomic E-state index is 12.0. The normalized spacial score (nSPS) is 10.8. The summed E-state index contributed by atoms with van der Waals surface area (Å²) < 4.78 is 1.93. The van der Waals surface area contributed by atoms with Gasteiger partial charge in [-0.05, 0) is 30.5 Å². The van der Waals surface area contributed by atoms with E-state index in [9.17, 15) is 4.79 Å². The van der Waals surface area contributed by atoms with Gasteiger partial charge >= 0.3 is 0 Å². The topological polar surface area (TPSA) is 46.4 Å². The smallest absolute Gasteiger partial charge is 0.230 e. The van der Waals surface area contributed by atoms with Crippen molar-refractivity contribution in [2.45, 2.75) is 11.3 Å². The average molecular weight is 303 g/mol. The second-order valence-corrected chi connectivity index (χ2v) is 6.03. The van der Waals surface area contributed by atoms with E-state index >= 15 is 0 Å². The van der Waals surface area contributed by atoms with Crippen LogP contribution in [0.15, 0.2) is 46.9 Å². The minimum absolute atomic E-state index is 0.0485. The molecule has 0 fully saturated rings. The summed E-state index contributed by atoms with van der Waals surface area (Å²) in [5.41, 5.74) is 1.60. The molecule has 0 atom stereocenters. The first-order chi connectivity index (χ1) is 9.74. The van der Waals surface area contributed by atoms with Crippen molar-refractivity contribution >= 4 is 39.7 Å². The molecule has 0 saturated heterocycles. The second kappa shape index (κ2) is 5.68. The molecule has 1 aromatic carbocycles. The van der Waals surface area contributed by atoms with Gasteiger partial charge in [-0.15, -0.1) is 23.1 Å². The first-order valence-electron chi connectivity index (χ1n) is 6.09. The number of rotatable bonds is 4. The molecule has 0 radical (unpaired) electrons. The summed E-state index contributed by atoms with van der Waals surface area (Å²) in [6, 6.07) is 7.81. The number of hydrogen-bond donors (Lipinski definition) is 1. The van der Waals surface area contributed by atoms with Crippen molar-refractivity contribution in [3.05, 3.63) is 47.7 Å². The lowest BCUT2D eigenvalue weighted by atomic mass is 10.3. The van der Waals surface area contributed by atoms with Crippen LogP contribution in [0.25, 0.3) is 4.96 Å². The second-order valence-electron chi connectivity index (χ2n) is 4.28. The Kier molecular flexibility index (Phi) is 3.75. The fraction of sp³-hybridized carbons (Fsp3) is 0.143. The van der Waals surface area contributed by atoms with Crippen molar-refractivity contribution in [3.63, 3.8) is 0 Å². The van der Waals surface area contributed by atoms with Gasteiger partial charge in [-0.2, -0.15) is 0 Å². The number of nitrogens with one attached hydrogen (secondary N) is 1. The molecule has 2 heterocycles. The van der Waals surface area contributed by atoms with E-state index in [1.807, 2.05) is 52.7 Å². The lowest BCUT2D eigenvalue weighted by Gasteiger charge is -2.04. The zero-order chi connectivity index (χ0) is 13.9. The van der Waals surface area contributed by atoms with E-state index in [0.717, 1.165) is 16.3 Å². The lowest BCUT2D eigenvalue weighted by Crippen LogP contribution is -2.14. The van der Waals surface area contributed by atoms with Crippen molar-refractivity contribution in [3.8, 4) is 0 Å². The van der Waals surface area contributed by atoms with Crippen molar-refractivity contribution in [2.24, 2.45) is 0 Å². The minimum Gasteiger partial charge on any atom is -0.326 e. The number of amides is 1. The molecule has 3 rings (SSSR count). The lowest BCUT2D eigenvalue weighted by molar-refractivity contribution is -0.115. The molecule has 0 saturated carbocycles. The molecule has 1 N–H and O–H groups in total. The molecular formula is C14H13N3OS2. The molecule has 2 aromatic heterocycles. The monoisotopic (exact) mass is 303 g/mol. The molecule has 1 amide bonds. The molecule has 0 aliphatic carbocycles. The SMILES string of the molecule is CSc1ccc(NC(=O)Cc2cn3ccsc3n2)cc1. The summed E-state index contributed by atoms with van der Waals surface area (Å²) in [7, 11) is 0. The van der Waals surface area contributed by atoms with Gasteiger partial charge < -0.3 is 5.32 Å². The van der Waals surface area contributed by atoms with Gasteiger partial charge in [0.2, 0.25) is 5.91 Å². The predicted molar refractivity (Wildman–Crippen MR) is 83.6 cm³/mol. The average Bonchev–Trinajstić information content (AvgIpc) is 3.00. The van der Waals surface area contributed by atoms with E-state index < -0.39 is 0 Å². The van der Waals surface area contributed by atoms with Crippen molar-refractivity contribution in [2.75, 3.05) is 11.6 Å². The van der Waals surface area contributed by atoms with Gasteiger partial charge in [-0.3, -0.25) is 9.20 Å². The Balaban J connectivity index is 1.65. The summed E-state index contributed by atoms with van der Waals surface area (Å²) in [4.78, 5) is 18.5. The molecule has 6 heteroatoms. The number of anilines is 1. The van der Waals surface area contributed by atoms with Crippen LogP contribution >= 0.6 is 23.1 Å². The zero-order valence-corrected chi connectivity index (χ0v) is 12.5. The van der Waals surface area contributed by atoms with Gasteiger partial charge in [0.15, 0.2) is 4.96 Å². The third kappa shape index (κ3) is 2.86. The van der Waals surface area contributed by atoms with E-state index in [1.165, 1.54) is 4.90 Å². The maximum absolute atomic E-state index is 12.0. The van der Waals surface area contributed by atoms with E-state index in [0.29, 0.717) is 6.42 Å². The molecule has 0 aliphatic rings. The standard InChI is InChI=1S/C14H13N3OS2/c1-19-12-4-2-10(3-5-12)15-13(18)8-11-9-17-6-7-20-14(17)16-11/h2-7,9H,8H2,1H3,(H,15,18). The molecule has 20 heavy (non-hydrogen) atoms. The highest BCUT2D eigenvalue weighted by atomic mass is 32.2. The fourth-order valence-electron chi connectivity index (χ4n) is 1.91. The van der Waals surface area contributed by atoms with Gasteiger partial charge in [0.05, 0.1) is 12.1 Å². The van der Waals surface area contributed by atoms with Gasteiger partial charge in [0.1, 0.15) is 0 Å². The number of hydrogen-bond acceptors (Lipinski definition) is 4. The van der Waals surface area contributed by atoms with E-state index in [2.05, 4.69) is 10.3 Å². The van der Waals surface area contributed by atoms with Crippen molar-refractivity contribution in [1.29, 1.82) is 0 Å². The summed E-state index contributed by atoms with van der Waals surface area (Å²) in [6.07, 6.45) is 6.15. The molecule has 3 aromatic rings. The quantitative estimate of drug-likeness (QED) is 0.752. The highest BCUT2D eigenvalue weighted by Gasteiger charge is 2.08. The Hall–Kier alpha value is -1.79. The number of carbonyl (C=O) groups is 1. The molecule has 0 spiro atoms. The van der Waals surface area contributed by atoms with Crippen LogP contribution in [0.2, 0.25) is 0 Å². The first kappa shape index (κ1) is 13.2. The van der Waals surface area contributed by atoms with Gasteiger partial charge in [0, 0.05) is 28.4 Å². The third-order valence-electron chi connectivity index (χ3n) is 2.86. The van der Waals surface area contributed by atoms with Crippen LogP contribution in [0.5, 0.6) is 0 Å². The highest BCUT2D eigenvalue weighted by Crippen LogP contribution is 2.18. The van der Waals surface area contributed by atoms with Crippen LogP contribution in [0.3, 0.4) is 0 Å². The summed E-state index contributed by atoms with van der Waals surface area (Å²) >= 11 is 3.24. The Morgan fingerprint density at radius 1 is 1.40 bits per heavy atom. The number of carbonyl (C=O) groups excluding carboxylic acids is 1. The molecule has 4 nitrogen and oxygen atoms in total. The number of aromatic nitrogens is 2. The summed E-state index contributed by atoms with van der Waals surface area (Å²) in [5.74, 6) is -0.0485. The number of thioether (sulfide) groups is 1. The van der Waals surface area contributed by atoms with Gasteiger partial charge in [-0.1, -0.05) is 0 Å². The number of imidazole rings is 1. The Labute approximate surface area is 124 Å². The molecular weight excluding hydrogens is 290 g/mol. The Morgan fingerprint density at radius 2 is 2.20 bits per heavy atom. The van der Waals surface area contributed by atoms with Crippen molar-refractivity contribution < 1.29 is 4.79 Å². The predicted octanol–water partition coefficient (Wildman–Crippen LogP) is 3.30. The molecule has 0 bridgehead atoms. The summed E-state index contributed by atoms with van der Waals surface area (Å²) in [6.45, 7) is 0. The largest absolute Gasteiger partial charge is 0.326 e. The van der Waals surface area contributed by atoms with Crippen LogP contribution in [0.4, 0.5) is 5.69 Å². The number of fused-ring (bicyclic) bond motifs is 1. The first-order valence-corrected chi connectivity index (χ1v) is 8.20. The van der Waals surface area contributed by atoms with E-state index in [-0.39, 0.29) is 5.91 Å². The summed E-state index contributed by atoms with van der Waals surface area (Å²) in [5, 5.41) is 4.86. The van der Waals surface area contributed by atoms with Crippen LogP contribution in [-0.2, 0) is 11.2 Å². The molecule has 102 valence electrons. The van der Waals surface area contributed by atoms with E-state index in [1.54, 1.807) is 23.1 Å². The van der Waals surface area contributed by atoms with Gasteiger partial charge in [-0.25, -0.2) is 4.98 Å². The fourth-order valence-corrected chi connectivity index (χ4v) is 3.03. The van der Waals surface area contributed by atoms with Crippen LogP contribution in [0, 0.1) is 0 Å². The van der Waals surface area contributed by atoms with Gasteiger partial charge in [0.25, 0.3) is 0 Å². The maximum Gasteiger partial charge on any atom is 0.230 e. The minimum atomic E-state index is -0.0485. The highest BCUT2D eigenvalue weighted by molar-refractivity contribution is 7.98. The Morgan fingerprint density at radius 3 is 2.90 bits per heavy atom. The third-order valence-corrected chi connectivity index (χ3v) is 4.37. The van der Waals surface area contributed by atoms with Crippen LogP contribution < -0.4 is 5.32 Å². The number of nitrogens with zero attached hydrogens (tertiary/aromatic N) is 2. The number of thiazole rings is 1. The zero-order valence-electron chi connectivity index (χ0n) is 10.9. The number of benzene rings is 1. The van der Waals surface area contributed by atoms with Crippen LogP contribution in [0.1, 0.15) is 5.69 Å². The van der Waals surface area contributed by atoms with E-state index in [4.69, 9.17) is 0 Å². The molecule has 0 unspecified atom stereocenters. The molecule has 0 aliphatic heterocycles. The van der Waals surface area contributed by atoms with Crippen LogP contribution in [-0.4, -0.2) is 21.5 Å². The Bertz CT molecular complexity index is 702. The van der Waals surface area contributed by atoms with Crippen molar-refractivity contribution in [1.82, 2.24) is 9.38 Å².